The Morgan fingerprint density at radius 3 is 3.00 bits per heavy atom. The van der Waals surface area contributed by atoms with Crippen LogP contribution < -0.4 is 10.9 Å². The maximum absolute atomic E-state index is 11.8. The zero-order chi connectivity index (χ0) is 10.1. The Morgan fingerprint density at radius 2 is 2.43 bits per heavy atom. The molecule has 14 heavy (non-hydrogen) atoms. The summed E-state index contributed by atoms with van der Waals surface area (Å²) in [6, 6.07) is 3.88. The minimum Gasteiger partial charge on any atom is -0.384 e. The van der Waals surface area contributed by atoms with Crippen molar-refractivity contribution < 1.29 is 4.74 Å². The summed E-state index contributed by atoms with van der Waals surface area (Å²) >= 11 is 0. The lowest BCUT2D eigenvalue weighted by atomic mass is 10.4. The van der Waals surface area contributed by atoms with Crippen molar-refractivity contribution in [2.45, 2.75) is 18.6 Å². The van der Waals surface area contributed by atoms with Crippen LogP contribution in [0.15, 0.2) is 23.1 Å². The van der Waals surface area contributed by atoms with Crippen molar-refractivity contribution in [1.82, 2.24) is 4.57 Å². The van der Waals surface area contributed by atoms with Crippen LogP contribution in [0.2, 0.25) is 0 Å². The molecule has 0 aliphatic heterocycles. The van der Waals surface area contributed by atoms with E-state index in [4.69, 9.17) is 4.74 Å². The molecule has 1 aromatic rings. The van der Waals surface area contributed by atoms with Crippen molar-refractivity contribution in [3.8, 4) is 0 Å². The zero-order valence-electron chi connectivity index (χ0n) is 8.36. The van der Waals surface area contributed by atoms with Crippen LogP contribution >= 0.6 is 0 Å². The SMILES string of the molecule is CNc1cccn([C@@H]2C[C@H]2OC)c1=O. The molecule has 1 aliphatic carbocycles. The second-order valence-electron chi connectivity index (χ2n) is 3.46. The smallest absolute Gasteiger partial charge is 0.274 e. The van der Waals surface area contributed by atoms with Crippen LogP contribution in [0, 0.1) is 0 Å². The lowest BCUT2D eigenvalue weighted by Crippen LogP contribution is -2.22. The van der Waals surface area contributed by atoms with Crippen LogP contribution in [0.3, 0.4) is 0 Å². The summed E-state index contributed by atoms with van der Waals surface area (Å²) in [5, 5.41) is 2.88. The summed E-state index contributed by atoms with van der Waals surface area (Å²) in [5.74, 6) is 0. The van der Waals surface area contributed by atoms with Gasteiger partial charge >= 0.3 is 0 Å². The molecule has 1 fully saturated rings. The average molecular weight is 194 g/mol. The van der Waals surface area contributed by atoms with E-state index in [2.05, 4.69) is 5.32 Å². The van der Waals surface area contributed by atoms with Crippen LogP contribution in [-0.4, -0.2) is 24.8 Å². The largest absolute Gasteiger partial charge is 0.384 e. The predicted molar refractivity (Wildman–Crippen MR) is 54.7 cm³/mol. The first-order valence-electron chi connectivity index (χ1n) is 4.69. The fraction of sp³-hybridized carbons (Fsp3) is 0.500. The van der Waals surface area contributed by atoms with E-state index in [1.54, 1.807) is 24.8 Å². The van der Waals surface area contributed by atoms with Gasteiger partial charge in [0, 0.05) is 20.4 Å². The summed E-state index contributed by atoms with van der Waals surface area (Å²) in [4.78, 5) is 11.8. The van der Waals surface area contributed by atoms with E-state index in [1.807, 2.05) is 12.3 Å². The van der Waals surface area contributed by atoms with Gasteiger partial charge in [-0.1, -0.05) is 0 Å². The van der Waals surface area contributed by atoms with Gasteiger partial charge in [0.25, 0.3) is 5.56 Å². The molecule has 4 nitrogen and oxygen atoms in total. The summed E-state index contributed by atoms with van der Waals surface area (Å²) in [5.41, 5.74) is 0.661. The van der Waals surface area contributed by atoms with Crippen molar-refractivity contribution in [2.75, 3.05) is 19.5 Å². The molecule has 0 amide bonds. The van der Waals surface area contributed by atoms with Gasteiger partial charge < -0.3 is 14.6 Å². The predicted octanol–water partition coefficient (Wildman–Crippen LogP) is 0.850. The van der Waals surface area contributed by atoms with Crippen molar-refractivity contribution >= 4 is 5.69 Å². The number of rotatable bonds is 3. The molecule has 2 rings (SSSR count). The number of nitrogens with zero attached hydrogens (tertiary/aromatic N) is 1. The van der Waals surface area contributed by atoms with Crippen molar-refractivity contribution in [2.24, 2.45) is 0 Å². The highest BCUT2D eigenvalue weighted by Crippen LogP contribution is 2.37. The first-order valence-corrected chi connectivity index (χ1v) is 4.69. The van der Waals surface area contributed by atoms with Gasteiger partial charge in [-0.05, 0) is 18.6 Å². The lowest BCUT2D eigenvalue weighted by molar-refractivity contribution is 0.169. The molecule has 0 bridgehead atoms. The number of aromatic nitrogens is 1. The number of pyridine rings is 1. The van der Waals surface area contributed by atoms with E-state index in [-0.39, 0.29) is 17.7 Å². The Labute approximate surface area is 82.5 Å². The Kier molecular flexibility index (Phi) is 2.29. The average Bonchev–Trinajstić information content (AvgIpc) is 2.97. The van der Waals surface area contributed by atoms with E-state index in [0.29, 0.717) is 5.69 Å². The summed E-state index contributed by atoms with van der Waals surface area (Å²) in [6.07, 6.45) is 2.95. The van der Waals surface area contributed by atoms with E-state index in [1.165, 1.54) is 0 Å². The standard InChI is InChI=1S/C10H14N2O2/c1-11-7-4-3-5-12(10(7)13)8-6-9(8)14-2/h3-5,8-9,11H,6H2,1-2H3/t8-,9-/m1/s1. The Balaban J connectivity index is 2.31. The van der Waals surface area contributed by atoms with Crippen molar-refractivity contribution in [1.29, 1.82) is 0 Å². The van der Waals surface area contributed by atoms with Gasteiger partial charge in [-0.25, -0.2) is 0 Å². The molecule has 2 atom stereocenters. The maximum atomic E-state index is 11.8. The number of hydrogen-bond acceptors (Lipinski definition) is 3. The zero-order valence-corrected chi connectivity index (χ0v) is 8.36. The van der Waals surface area contributed by atoms with Crippen molar-refractivity contribution in [3.05, 3.63) is 28.7 Å². The fourth-order valence-electron chi connectivity index (χ4n) is 1.67. The van der Waals surface area contributed by atoms with Gasteiger partial charge in [0.1, 0.15) is 5.69 Å². The molecule has 0 spiro atoms. The highest BCUT2D eigenvalue weighted by Gasteiger charge is 2.39. The van der Waals surface area contributed by atoms with Crippen LogP contribution in [-0.2, 0) is 4.74 Å². The van der Waals surface area contributed by atoms with Crippen LogP contribution in [0.5, 0.6) is 0 Å². The third-order valence-electron chi connectivity index (χ3n) is 2.60. The molecule has 0 aromatic carbocycles. The van der Waals surface area contributed by atoms with Crippen LogP contribution in [0.25, 0.3) is 0 Å². The molecule has 1 saturated carbocycles. The van der Waals surface area contributed by atoms with Crippen LogP contribution in [0.1, 0.15) is 12.5 Å². The third kappa shape index (κ3) is 1.42. The second-order valence-corrected chi connectivity index (χ2v) is 3.46. The lowest BCUT2D eigenvalue weighted by Gasteiger charge is -2.06. The van der Waals surface area contributed by atoms with Gasteiger partial charge in [0.15, 0.2) is 0 Å². The molecule has 76 valence electrons. The first kappa shape index (κ1) is 9.27. The van der Waals surface area contributed by atoms with Gasteiger partial charge in [0.2, 0.25) is 0 Å². The van der Waals surface area contributed by atoms with Crippen molar-refractivity contribution in [3.63, 3.8) is 0 Å². The molecule has 1 heterocycles. The molecule has 1 aliphatic rings. The minimum atomic E-state index is 0.0274. The number of nitrogens with one attached hydrogen (secondary N) is 1. The highest BCUT2D eigenvalue weighted by atomic mass is 16.5. The van der Waals surface area contributed by atoms with Crippen LogP contribution in [0.4, 0.5) is 5.69 Å². The molecule has 1 N–H and O–H groups in total. The summed E-state index contributed by atoms with van der Waals surface area (Å²) in [7, 11) is 3.43. The molecule has 0 unspecified atom stereocenters. The van der Waals surface area contributed by atoms with Gasteiger partial charge in [-0.3, -0.25) is 4.79 Å². The highest BCUT2D eigenvalue weighted by molar-refractivity contribution is 5.39. The molecule has 4 heteroatoms. The Hall–Kier alpha value is -1.29. The third-order valence-corrected chi connectivity index (χ3v) is 2.60. The monoisotopic (exact) mass is 194 g/mol. The summed E-state index contributed by atoms with van der Waals surface area (Å²) < 4.78 is 6.91. The van der Waals surface area contributed by atoms with E-state index >= 15 is 0 Å². The molecule has 0 radical (unpaired) electrons. The van der Waals surface area contributed by atoms with Gasteiger partial charge in [0.05, 0.1) is 12.1 Å². The van der Waals surface area contributed by atoms with E-state index in [0.717, 1.165) is 6.42 Å². The quantitative estimate of drug-likeness (QED) is 0.775. The number of anilines is 1. The number of methoxy groups -OCH3 is 1. The number of ether oxygens (including phenoxy) is 1. The topological polar surface area (TPSA) is 43.3 Å². The van der Waals surface area contributed by atoms with E-state index < -0.39 is 0 Å². The van der Waals surface area contributed by atoms with Gasteiger partial charge in [-0.15, -0.1) is 0 Å². The normalized spacial score (nSPS) is 24.7. The first-order chi connectivity index (χ1) is 6.77. The fourth-order valence-corrected chi connectivity index (χ4v) is 1.67. The molecule has 1 aromatic heterocycles. The molecular weight excluding hydrogens is 180 g/mol. The molecule has 0 saturated heterocycles. The Bertz CT molecular complexity index is 386. The minimum absolute atomic E-state index is 0.0274. The Morgan fingerprint density at radius 1 is 1.64 bits per heavy atom. The summed E-state index contributed by atoms with van der Waals surface area (Å²) in [6.45, 7) is 0. The number of hydrogen-bond donors (Lipinski definition) is 1. The maximum Gasteiger partial charge on any atom is 0.274 e. The molecular formula is C10H14N2O2. The van der Waals surface area contributed by atoms with Gasteiger partial charge in [-0.2, -0.15) is 0 Å². The van der Waals surface area contributed by atoms with E-state index in [9.17, 15) is 4.79 Å². The second kappa shape index (κ2) is 3.46.